The van der Waals surface area contributed by atoms with Crippen LogP contribution in [0.3, 0.4) is 0 Å². The van der Waals surface area contributed by atoms with Crippen molar-refractivity contribution in [2.45, 2.75) is 45.2 Å². The van der Waals surface area contributed by atoms with E-state index in [0.29, 0.717) is 12.5 Å². The summed E-state index contributed by atoms with van der Waals surface area (Å²) in [5, 5.41) is 2.53. The molecule has 0 saturated carbocycles. The molecule has 0 saturated heterocycles. The molecule has 0 radical (unpaired) electrons. The summed E-state index contributed by atoms with van der Waals surface area (Å²) in [6.07, 6.45) is 3.03. The van der Waals surface area contributed by atoms with E-state index in [1.54, 1.807) is 12.1 Å². The summed E-state index contributed by atoms with van der Waals surface area (Å²) in [5.41, 5.74) is 1.83. The smallest absolute Gasteiger partial charge is 0.261 e. The SMILES string of the molecule is C[C@@H]1Cc2nc(-c3ccc(F)cc3)cn2[C@@H]1CO[Si](c1ccccc1)(c1ccccc1)C(C)(C)C. The number of halogens is 1. The fourth-order valence-electron chi connectivity index (χ4n) is 5.54. The van der Waals surface area contributed by atoms with Crippen molar-refractivity contribution < 1.29 is 8.82 Å². The quantitative estimate of drug-likeness (QED) is 0.314. The van der Waals surface area contributed by atoms with Crippen molar-refractivity contribution in [3.8, 4) is 11.3 Å². The van der Waals surface area contributed by atoms with Crippen molar-refractivity contribution >= 4 is 18.7 Å². The van der Waals surface area contributed by atoms with Gasteiger partial charge in [0, 0.05) is 18.2 Å². The number of benzene rings is 3. The van der Waals surface area contributed by atoms with Crippen LogP contribution < -0.4 is 10.4 Å². The molecule has 3 nitrogen and oxygen atoms in total. The first-order valence-corrected chi connectivity index (χ1v) is 14.3. The van der Waals surface area contributed by atoms with Crippen LogP contribution in [0.5, 0.6) is 0 Å². The molecule has 0 spiro atoms. The van der Waals surface area contributed by atoms with Crippen LogP contribution in [-0.2, 0) is 10.8 Å². The Kier molecular flexibility index (Phi) is 6.24. The molecule has 2 atom stereocenters. The highest BCUT2D eigenvalue weighted by atomic mass is 28.4. The number of imidazole rings is 1. The fourth-order valence-corrected chi connectivity index (χ4v) is 10.1. The van der Waals surface area contributed by atoms with Gasteiger partial charge < -0.3 is 8.99 Å². The van der Waals surface area contributed by atoms with Crippen molar-refractivity contribution in [2.75, 3.05) is 6.61 Å². The highest BCUT2D eigenvalue weighted by Gasteiger charge is 2.51. The lowest BCUT2D eigenvalue weighted by Crippen LogP contribution is -2.67. The average Bonchev–Trinajstić information content (AvgIpc) is 3.38. The molecule has 35 heavy (non-hydrogen) atoms. The molecule has 1 aromatic heterocycles. The second-order valence-corrected chi connectivity index (χ2v) is 15.0. The summed E-state index contributed by atoms with van der Waals surface area (Å²) < 4.78 is 23.0. The van der Waals surface area contributed by atoms with Crippen LogP contribution in [0.15, 0.2) is 91.1 Å². The summed E-state index contributed by atoms with van der Waals surface area (Å²) in [4.78, 5) is 4.90. The minimum atomic E-state index is -2.61. The van der Waals surface area contributed by atoms with Gasteiger partial charge in [-0.15, -0.1) is 0 Å². The Morgan fingerprint density at radius 3 is 2.03 bits per heavy atom. The fraction of sp³-hybridized carbons (Fsp3) is 0.300. The number of rotatable bonds is 6. The van der Waals surface area contributed by atoms with Gasteiger partial charge >= 0.3 is 0 Å². The number of nitrogens with zero attached hydrogens (tertiary/aromatic N) is 2. The summed E-state index contributed by atoms with van der Waals surface area (Å²) >= 11 is 0. The van der Waals surface area contributed by atoms with E-state index in [1.165, 1.54) is 22.5 Å². The van der Waals surface area contributed by atoms with Gasteiger partial charge in [0.1, 0.15) is 11.6 Å². The van der Waals surface area contributed by atoms with Gasteiger partial charge in [0.2, 0.25) is 0 Å². The third kappa shape index (κ3) is 4.28. The van der Waals surface area contributed by atoms with Gasteiger partial charge in [0.05, 0.1) is 18.3 Å². The molecule has 0 bridgehead atoms. The highest BCUT2D eigenvalue weighted by Crippen LogP contribution is 2.39. The molecule has 0 fully saturated rings. The van der Waals surface area contributed by atoms with E-state index in [0.717, 1.165) is 23.5 Å². The highest BCUT2D eigenvalue weighted by molar-refractivity contribution is 6.99. The maximum Gasteiger partial charge on any atom is 0.261 e. The zero-order chi connectivity index (χ0) is 24.6. The Labute approximate surface area is 208 Å². The Bertz CT molecular complexity index is 1240. The standard InChI is InChI=1S/C30H33FN2OSi/c1-22-19-29-32-27(23-15-17-24(31)18-16-23)20-33(29)28(22)21-34-35(30(2,3)4,25-11-7-5-8-12-25)26-13-9-6-10-14-26/h5-18,20,22,28H,19,21H2,1-4H3/t22-,28-/m1/s1. The Hall–Kier alpha value is -3.02. The van der Waals surface area contributed by atoms with Gasteiger partial charge in [-0.05, 0) is 45.6 Å². The van der Waals surface area contributed by atoms with Crippen molar-refractivity contribution in [1.82, 2.24) is 9.55 Å². The molecule has 5 heteroatoms. The topological polar surface area (TPSA) is 27.1 Å². The molecule has 0 aliphatic carbocycles. The number of hydrogen-bond donors (Lipinski definition) is 0. The minimum absolute atomic E-state index is 0.0609. The molecular formula is C30H33FN2OSi. The maximum atomic E-state index is 13.4. The van der Waals surface area contributed by atoms with Gasteiger partial charge in [-0.3, -0.25) is 0 Å². The first kappa shape index (κ1) is 23.7. The van der Waals surface area contributed by atoms with Crippen LogP contribution >= 0.6 is 0 Å². The van der Waals surface area contributed by atoms with E-state index in [-0.39, 0.29) is 16.9 Å². The van der Waals surface area contributed by atoms with Crippen LogP contribution in [0.4, 0.5) is 4.39 Å². The molecule has 0 N–H and O–H groups in total. The van der Waals surface area contributed by atoms with Crippen molar-refractivity contribution in [1.29, 1.82) is 0 Å². The predicted octanol–water partition coefficient (Wildman–Crippen LogP) is 6.00. The predicted molar refractivity (Wildman–Crippen MR) is 143 cm³/mol. The Morgan fingerprint density at radius 1 is 0.914 bits per heavy atom. The van der Waals surface area contributed by atoms with Crippen LogP contribution in [0.2, 0.25) is 5.04 Å². The van der Waals surface area contributed by atoms with E-state index in [1.807, 2.05) is 0 Å². The van der Waals surface area contributed by atoms with E-state index in [9.17, 15) is 4.39 Å². The van der Waals surface area contributed by atoms with Crippen LogP contribution in [0.25, 0.3) is 11.3 Å². The van der Waals surface area contributed by atoms with Gasteiger partial charge in [-0.25, -0.2) is 9.37 Å². The van der Waals surface area contributed by atoms with E-state index < -0.39 is 8.32 Å². The largest absolute Gasteiger partial charge is 0.405 e. The van der Waals surface area contributed by atoms with Crippen molar-refractivity contribution in [3.05, 3.63) is 103 Å². The zero-order valence-corrected chi connectivity index (χ0v) is 21.9. The van der Waals surface area contributed by atoms with E-state index in [4.69, 9.17) is 9.41 Å². The summed E-state index contributed by atoms with van der Waals surface area (Å²) in [7, 11) is -2.61. The summed E-state index contributed by atoms with van der Waals surface area (Å²) in [5.74, 6) is 1.27. The average molecular weight is 485 g/mol. The molecule has 5 rings (SSSR count). The van der Waals surface area contributed by atoms with E-state index in [2.05, 4.69) is 99.1 Å². The van der Waals surface area contributed by atoms with E-state index >= 15 is 0 Å². The third-order valence-corrected chi connectivity index (χ3v) is 12.4. The van der Waals surface area contributed by atoms with Crippen molar-refractivity contribution in [2.24, 2.45) is 5.92 Å². The number of fused-ring (bicyclic) bond motifs is 1. The first-order chi connectivity index (χ1) is 16.8. The van der Waals surface area contributed by atoms with Gasteiger partial charge in [-0.1, -0.05) is 88.4 Å². The normalized spacial score (nSPS) is 18.0. The van der Waals surface area contributed by atoms with Gasteiger partial charge in [-0.2, -0.15) is 0 Å². The second-order valence-electron chi connectivity index (χ2n) is 10.7. The van der Waals surface area contributed by atoms with Crippen LogP contribution in [0.1, 0.15) is 39.6 Å². The number of hydrogen-bond acceptors (Lipinski definition) is 2. The van der Waals surface area contributed by atoms with Crippen molar-refractivity contribution in [3.63, 3.8) is 0 Å². The molecule has 3 aromatic carbocycles. The molecule has 4 aromatic rings. The lowest BCUT2D eigenvalue weighted by atomic mass is 10.0. The molecular weight excluding hydrogens is 451 g/mol. The summed E-state index contributed by atoms with van der Waals surface area (Å²) in [6, 6.07) is 28.3. The second kappa shape index (κ2) is 9.21. The molecule has 1 aliphatic rings. The molecule has 0 amide bonds. The summed E-state index contributed by atoms with van der Waals surface area (Å²) in [6.45, 7) is 9.85. The molecule has 2 heterocycles. The van der Waals surface area contributed by atoms with Gasteiger partial charge in [0.15, 0.2) is 0 Å². The molecule has 1 aliphatic heterocycles. The zero-order valence-electron chi connectivity index (χ0n) is 20.9. The Morgan fingerprint density at radius 2 is 1.49 bits per heavy atom. The van der Waals surface area contributed by atoms with Gasteiger partial charge in [0.25, 0.3) is 8.32 Å². The lowest BCUT2D eigenvalue weighted by molar-refractivity contribution is 0.213. The Balaban J connectivity index is 1.51. The van der Waals surface area contributed by atoms with Crippen LogP contribution in [-0.4, -0.2) is 24.5 Å². The minimum Gasteiger partial charge on any atom is -0.405 e. The molecule has 180 valence electrons. The third-order valence-electron chi connectivity index (χ3n) is 7.36. The maximum absolute atomic E-state index is 13.4. The van der Waals surface area contributed by atoms with Crippen LogP contribution in [0, 0.1) is 11.7 Å². The monoisotopic (exact) mass is 484 g/mol. The number of aromatic nitrogens is 2. The first-order valence-electron chi connectivity index (χ1n) is 12.4. The molecule has 0 unspecified atom stereocenters. The lowest BCUT2D eigenvalue weighted by Gasteiger charge is -2.43.